The van der Waals surface area contributed by atoms with Crippen LogP contribution < -0.4 is 10.3 Å². The number of aryl methyl sites for hydroxylation is 1. The van der Waals surface area contributed by atoms with Crippen molar-refractivity contribution in [2.24, 2.45) is 0 Å². The number of carbonyl (C=O) groups is 1. The number of benzene rings is 2. The summed E-state index contributed by atoms with van der Waals surface area (Å²) in [5.74, 6) is -0.264. The van der Waals surface area contributed by atoms with Gasteiger partial charge in [0.15, 0.2) is 0 Å². The van der Waals surface area contributed by atoms with Crippen molar-refractivity contribution in [3.05, 3.63) is 75.0 Å². The van der Waals surface area contributed by atoms with Gasteiger partial charge < -0.3 is 9.47 Å². The van der Waals surface area contributed by atoms with Gasteiger partial charge >= 0.3 is 0 Å². The number of nitriles is 2. The number of pyridine rings is 1. The highest BCUT2D eigenvalue weighted by Crippen LogP contribution is 2.23. The highest BCUT2D eigenvalue weighted by molar-refractivity contribution is 6.31. The van der Waals surface area contributed by atoms with Crippen LogP contribution in [0.3, 0.4) is 0 Å². The second-order valence-corrected chi connectivity index (χ2v) is 6.92. The van der Waals surface area contributed by atoms with Gasteiger partial charge in [-0.2, -0.15) is 10.5 Å². The molecule has 0 aliphatic rings. The number of hydrogen-bond donors (Lipinski definition) is 0. The molecule has 0 saturated carbocycles. The Morgan fingerprint density at radius 1 is 1.21 bits per heavy atom. The Bertz CT molecular complexity index is 1230. The number of carbonyl (C=O) groups excluding carboxylic acids is 1. The van der Waals surface area contributed by atoms with Gasteiger partial charge in [0.05, 0.1) is 18.0 Å². The lowest BCUT2D eigenvalue weighted by molar-refractivity contribution is -0.119. The van der Waals surface area contributed by atoms with Crippen LogP contribution in [0.2, 0.25) is 5.02 Å². The van der Waals surface area contributed by atoms with Crippen molar-refractivity contribution < 1.29 is 4.79 Å². The second-order valence-electron chi connectivity index (χ2n) is 6.52. The first kappa shape index (κ1) is 20.1. The summed E-state index contributed by atoms with van der Waals surface area (Å²) in [6, 6.07) is 16.0. The first-order valence-corrected chi connectivity index (χ1v) is 9.30. The molecule has 2 aromatic carbocycles. The molecule has 0 radical (unpaired) electrons. The number of hydrogen-bond acceptors (Lipinski definition) is 4. The monoisotopic (exact) mass is 404 g/mol. The third-order valence-electron chi connectivity index (χ3n) is 4.62. The maximum absolute atomic E-state index is 13.1. The molecular formula is C22H17ClN4O2. The van der Waals surface area contributed by atoms with Crippen LogP contribution in [0.1, 0.15) is 17.5 Å². The maximum atomic E-state index is 13.1. The zero-order chi connectivity index (χ0) is 21.0. The summed E-state index contributed by atoms with van der Waals surface area (Å²) in [6.45, 7) is 1.98. The number of rotatable bonds is 5. The molecule has 7 heteroatoms. The van der Waals surface area contributed by atoms with Crippen molar-refractivity contribution in [2.45, 2.75) is 19.9 Å². The van der Waals surface area contributed by atoms with E-state index < -0.39 is 0 Å². The van der Waals surface area contributed by atoms with Crippen LogP contribution in [0.25, 0.3) is 10.9 Å². The molecule has 29 heavy (non-hydrogen) atoms. The fraction of sp³-hybridized carbons (Fsp3) is 0.182. The number of para-hydroxylation sites is 1. The molecule has 0 bridgehead atoms. The van der Waals surface area contributed by atoms with E-state index in [9.17, 15) is 14.9 Å². The summed E-state index contributed by atoms with van der Waals surface area (Å²) in [6.07, 6.45) is 1.57. The van der Waals surface area contributed by atoms with E-state index in [0.717, 1.165) is 5.56 Å². The summed E-state index contributed by atoms with van der Waals surface area (Å²) in [5, 5.41) is 19.2. The predicted octanol–water partition coefficient (Wildman–Crippen LogP) is 3.78. The molecule has 1 aromatic heterocycles. The van der Waals surface area contributed by atoms with Crippen molar-refractivity contribution in [3.8, 4) is 12.1 Å². The zero-order valence-corrected chi connectivity index (χ0v) is 16.5. The van der Waals surface area contributed by atoms with Crippen molar-refractivity contribution >= 4 is 34.1 Å². The van der Waals surface area contributed by atoms with Crippen LogP contribution in [0.5, 0.6) is 0 Å². The maximum Gasteiger partial charge on any atom is 0.246 e. The first-order valence-electron chi connectivity index (χ1n) is 8.92. The fourth-order valence-corrected chi connectivity index (χ4v) is 3.26. The minimum atomic E-state index is -0.360. The summed E-state index contributed by atoms with van der Waals surface area (Å²) in [7, 11) is 0. The molecule has 0 saturated heterocycles. The van der Waals surface area contributed by atoms with Gasteiger partial charge in [-0.05, 0) is 42.8 Å². The highest BCUT2D eigenvalue weighted by atomic mass is 35.5. The van der Waals surface area contributed by atoms with E-state index in [1.165, 1.54) is 11.1 Å². The SMILES string of the molecule is Cc1cc(N(CCC#N)C(=O)Cn2cc(C#N)c(=O)c3ccccc32)ccc1Cl. The molecule has 1 heterocycles. The molecule has 6 nitrogen and oxygen atoms in total. The fourth-order valence-electron chi connectivity index (χ4n) is 3.14. The van der Waals surface area contributed by atoms with E-state index in [1.807, 2.05) is 13.0 Å². The Morgan fingerprint density at radius 2 is 1.97 bits per heavy atom. The summed E-state index contributed by atoms with van der Waals surface area (Å²) < 4.78 is 1.60. The second kappa shape index (κ2) is 8.60. The van der Waals surface area contributed by atoms with E-state index in [-0.39, 0.29) is 36.4 Å². The molecule has 0 spiro atoms. The lowest BCUT2D eigenvalue weighted by atomic mass is 10.1. The normalized spacial score (nSPS) is 10.3. The van der Waals surface area contributed by atoms with E-state index in [0.29, 0.717) is 21.6 Å². The van der Waals surface area contributed by atoms with Gasteiger partial charge in [0.25, 0.3) is 0 Å². The molecule has 3 aromatic rings. The highest BCUT2D eigenvalue weighted by Gasteiger charge is 2.18. The van der Waals surface area contributed by atoms with Crippen LogP contribution in [0.15, 0.2) is 53.5 Å². The van der Waals surface area contributed by atoms with Gasteiger partial charge in [0.1, 0.15) is 18.2 Å². The topological polar surface area (TPSA) is 89.9 Å². The lowest BCUT2D eigenvalue weighted by Crippen LogP contribution is -2.35. The molecule has 0 aliphatic carbocycles. The molecule has 144 valence electrons. The first-order chi connectivity index (χ1) is 14.0. The van der Waals surface area contributed by atoms with E-state index in [1.54, 1.807) is 47.0 Å². The number of fused-ring (bicyclic) bond motifs is 1. The minimum Gasteiger partial charge on any atom is -0.336 e. The van der Waals surface area contributed by atoms with E-state index in [4.69, 9.17) is 16.9 Å². The Balaban J connectivity index is 2.03. The van der Waals surface area contributed by atoms with Gasteiger partial charge in [-0.25, -0.2) is 0 Å². The van der Waals surface area contributed by atoms with Crippen LogP contribution in [0, 0.1) is 29.6 Å². The van der Waals surface area contributed by atoms with Gasteiger partial charge in [-0.15, -0.1) is 0 Å². The molecular weight excluding hydrogens is 388 g/mol. The van der Waals surface area contributed by atoms with Crippen molar-refractivity contribution in [1.82, 2.24) is 4.57 Å². The van der Waals surface area contributed by atoms with Crippen LogP contribution >= 0.6 is 11.6 Å². The Labute approximate surface area is 172 Å². The largest absolute Gasteiger partial charge is 0.336 e. The molecule has 0 fully saturated rings. The van der Waals surface area contributed by atoms with Crippen LogP contribution in [-0.4, -0.2) is 17.0 Å². The standard InChI is InChI=1S/C22H17ClN4O2/c1-15-11-17(7-8-19(15)23)27(10-4-9-24)21(28)14-26-13-16(12-25)22(29)18-5-2-3-6-20(18)26/h2-3,5-8,11,13H,4,10,14H2,1H3. The average Bonchev–Trinajstić information content (AvgIpc) is 2.73. The molecule has 0 N–H and O–H groups in total. The Hall–Kier alpha value is -3.61. The molecule has 0 atom stereocenters. The average molecular weight is 405 g/mol. The number of anilines is 1. The smallest absolute Gasteiger partial charge is 0.246 e. The number of aromatic nitrogens is 1. The number of nitrogens with zero attached hydrogens (tertiary/aromatic N) is 4. The van der Waals surface area contributed by atoms with E-state index in [2.05, 4.69) is 6.07 Å². The van der Waals surface area contributed by atoms with E-state index >= 15 is 0 Å². The minimum absolute atomic E-state index is 0.0255. The summed E-state index contributed by atoms with van der Waals surface area (Å²) >= 11 is 6.09. The molecule has 1 amide bonds. The molecule has 3 rings (SSSR count). The Kier molecular flexibility index (Phi) is 5.97. The van der Waals surface area contributed by atoms with Crippen LogP contribution in [-0.2, 0) is 11.3 Å². The van der Waals surface area contributed by atoms with Crippen molar-refractivity contribution in [1.29, 1.82) is 10.5 Å². The Morgan fingerprint density at radius 3 is 2.66 bits per heavy atom. The summed E-state index contributed by atoms with van der Waals surface area (Å²) in [4.78, 5) is 27.0. The van der Waals surface area contributed by atoms with Gasteiger partial charge in [-0.3, -0.25) is 9.59 Å². The molecule has 0 unspecified atom stereocenters. The number of amides is 1. The van der Waals surface area contributed by atoms with Crippen molar-refractivity contribution in [2.75, 3.05) is 11.4 Å². The lowest BCUT2D eigenvalue weighted by Gasteiger charge is -2.23. The third kappa shape index (κ3) is 4.13. The number of halogens is 1. The van der Waals surface area contributed by atoms with Gasteiger partial charge in [0.2, 0.25) is 11.3 Å². The quantitative estimate of drug-likeness (QED) is 0.647. The predicted molar refractivity (Wildman–Crippen MR) is 112 cm³/mol. The molecule has 0 aliphatic heterocycles. The van der Waals surface area contributed by atoms with Crippen molar-refractivity contribution in [3.63, 3.8) is 0 Å². The summed E-state index contributed by atoms with van der Waals surface area (Å²) in [5.41, 5.74) is 1.64. The zero-order valence-electron chi connectivity index (χ0n) is 15.7. The van der Waals surface area contributed by atoms with Gasteiger partial charge in [0, 0.05) is 28.8 Å². The van der Waals surface area contributed by atoms with Gasteiger partial charge in [-0.1, -0.05) is 23.7 Å². The third-order valence-corrected chi connectivity index (χ3v) is 5.04. The van der Waals surface area contributed by atoms with Crippen LogP contribution in [0.4, 0.5) is 5.69 Å².